The molecule has 1 aliphatic rings. The molecule has 0 radical (unpaired) electrons. The summed E-state index contributed by atoms with van der Waals surface area (Å²) in [6.45, 7) is 0.348. The van der Waals surface area contributed by atoms with E-state index in [1.807, 2.05) is 0 Å². The van der Waals surface area contributed by atoms with Gasteiger partial charge < -0.3 is 10.4 Å². The van der Waals surface area contributed by atoms with E-state index in [0.717, 1.165) is 43.5 Å². The number of aliphatic hydroxyl groups is 1. The predicted molar refractivity (Wildman–Crippen MR) is 67.1 cm³/mol. The van der Waals surface area contributed by atoms with Crippen LogP contribution in [0.3, 0.4) is 0 Å². The van der Waals surface area contributed by atoms with Gasteiger partial charge in [0.1, 0.15) is 0 Å². The van der Waals surface area contributed by atoms with E-state index < -0.39 is 23.8 Å². The first-order chi connectivity index (χ1) is 9.38. The molecule has 110 valence electrons. The van der Waals surface area contributed by atoms with E-state index in [1.165, 1.54) is 0 Å². The lowest BCUT2D eigenvalue weighted by Gasteiger charge is -2.15. The van der Waals surface area contributed by atoms with Crippen LogP contribution in [-0.4, -0.2) is 23.7 Å². The highest BCUT2D eigenvalue weighted by Crippen LogP contribution is 2.29. The topological polar surface area (TPSA) is 49.3 Å². The van der Waals surface area contributed by atoms with Crippen LogP contribution < -0.4 is 5.32 Å². The lowest BCUT2D eigenvalue weighted by atomic mass is 10.1. The second-order valence-corrected chi connectivity index (χ2v) is 5.04. The largest absolute Gasteiger partial charge is 0.416 e. The molecule has 0 aromatic heterocycles. The molecular formula is C14H16F3NO2. The van der Waals surface area contributed by atoms with Gasteiger partial charge in [-0.15, -0.1) is 0 Å². The molecule has 20 heavy (non-hydrogen) atoms. The zero-order chi connectivity index (χ0) is 14.8. The van der Waals surface area contributed by atoms with Gasteiger partial charge in [-0.25, -0.2) is 0 Å². The van der Waals surface area contributed by atoms with Crippen LogP contribution in [0.15, 0.2) is 24.3 Å². The van der Waals surface area contributed by atoms with Crippen molar-refractivity contribution in [2.75, 3.05) is 6.54 Å². The minimum Gasteiger partial charge on any atom is -0.393 e. The summed E-state index contributed by atoms with van der Waals surface area (Å²) in [6.07, 6.45) is -2.27. The van der Waals surface area contributed by atoms with Crippen molar-refractivity contribution >= 4 is 5.91 Å². The van der Waals surface area contributed by atoms with Crippen molar-refractivity contribution in [1.29, 1.82) is 0 Å². The molecule has 0 saturated heterocycles. The highest BCUT2D eigenvalue weighted by molar-refractivity contribution is 5.94. The molecule has 1 aromatic rings. The fourth-order valence-electron chi connectivity index (χ4n) is 2.39. The number of amides is 1. The molecule has 1 saturated carbocycles. The first-order valence-electron chi connectivity index (χ1n) is 6.51. The number of carbonyl (C=O) groups is 1. The van der Waals surface area contributed by atoms with Gasteiger partial charge in [-0.05, 0) is 37.1 Å². The average Bonchev–Trinajstić information content (AvgIpc) is 2.81. The first kappa shape index (κ1) is 14.8. The van der Waals surface area contributed by atoms with Gasteiger partial charge in [-0.2, -0.15) is 13.2 Å². The number of hydrogen-bond acceptors (Lipinski definition) is 2. The molecular weight excluding hydrogens is 271 g/mol. The summed E-state index contributed by atoms with van der Waals surface area (Å²) in [5, 5.41) is 12.3. The van der Waals surface area contributed by atoms with Gasteiger partial charge >= 0.3 is 6.18 Å². The van der Waals surface area contributed by atoms with Gasteiger partial charge in [0.15, 0.2) is 0 Å². The van der Waals surface area contributed by atoms with E-state index in [1.54, 1.807) is 0 Å². The van der Waals surface area contributed by atoms with Crippen molar-refractivity contribution in [2.45, 2.75) is 31.5 Å². The third kappa shape index (κ3) is 3.50. The van der Waals surface area contributed by atoms with Gasteiger partial charge in [0.25, 0.3) is 5.91 Å². The molecule has 2 N–H and O–H groups in total. The molecule has 2 unspecified atom stereocenters. The quantitative estimate of drug-likeness (QED) is 0.897. The molecule has 2 rings (SSSR count). The molecule has 1 aliphatic carbocycles. The van der Waals surface area contributed by atoms with Crippen molar-refractivity contribution in [3.05, 3.63) is 35.4 Å². The third-order valence-electron chi connectivity index (χ3n) is 3.62. The number of rotatable bonds is 3. The zero-order valence-electron chi connectivity index (χ0n) is 10.8. The molecule has 0 spiro atoms. The van der Waals surface area contributed by atoms with E-state index in [9.17, 15) is 23.1 Å². The van der Waals surface area contributed by atoms with E-state index in [-0.39, 0.29) is 11.5 Å². The molecule has 6 heteroatoms. The van der Waals surface area contributed by atoms with Crippen LogP contribution in [0.25, 0.3) is 0 Å². The summed E-state index contributed by atoms with van der Waals surface area (Å²) in [5.41, 5.74) is -0.592. The Morgan fingerprint density at radius 1 is 1.25 bits per heavy atom. The van der Waals surface area contributed by atoms with Crippen LogP contribution in [0, 0.1) is 5.92 Å². The Kier molecular flexibility index (Phi) is 4.32. The van der Waals surface area contributed by atoms with Crippen LogP contribution >= 0.6 is 0 Å². The maximum atomic E-state index is 12.4. The number of carbonyl (C=O) groups excluding carboxylic acids is 1. The summed E-state index contributed by atoms with van der Waals surface area (Å²) < 4.78 is 37.2. The Hall–Kier alpha value is -1.56. The summed E-state index contributed by atoms with van der Waals surface area (Å²) in [4.78, 5) is 11.8. The van der Waals surface area contributed by atoms with Crippen molar-refractivity contribution in [3.8, 4) is 0 Å². The van der Waals surface area contributed by atoms with Crippen LogP contribution in [0.4, 0.5) is 13.2 Å². The molecule has 1 aromatic carbocycles. The van der Waals surface area contributed by atoms with E-state index in [4.69, 9.17) is 0 Å². The summed E-state index contributed by atoms with van der Waals surface area (Å²) in [6, 6.07) is 4.09. The number of nitrogens with one attached hydrogen (secondary N) is 1. The lowest BCUT2D eigenvalue weighted by molar-refractivity contribution is -0.137. The molecule has 0 aliphatic heterocycles. The van der Waals surface area contributed by atoms with E-state index in [2.05, 4.69) is 5.32 Å². The van der Waals surface area contributed by atoms with Gasteiger partial charge in [0, 0.05) is 18.0 Å². The predicted octanol–water partition coefficient (Wildman–Crippen LogP) is 2.60. The normalized spacial score (nSPS) is 22.8. The molecule has 1 amide bonds. The fraction of sp³-hybridized carbons (Fsp3) is 0.500. The van der Waals surface area contributed by atoms with Crippen molar-refractivity contribution in [2.24, 2.45) is 5.92 Å². The molecule has 2 atom stereocenters. The van der Waals surface area contributed by atoms with Crippen LogP contribution in [0.5, 0.6) is 0 Å². The molecule has 1 fully saturated rings. The number of benzene rings is 1. The highest BCUT2D eigenvalue weighted by Gasteiger charge is 2.30. The molecule has 0 bridgehead atoms. The van der Waals surface area contributed by atoms with Crippen LogP contribution in [0.2, 0.25) is 0 Å². The number of hydrogen-bond donors (Lipinski definition) is 2. The Morgan fingerprint density at radius 3 is 2.40 bits per heavy atom. The first-order valence-corrected chi connectivity index (χ1v) is 6.51. The van der Waals surface area contributed by atoms with Crippen LogP contribution in [-0.2, 0) is 6.18 Å². The Bertz CT molecular complexity index is 470. The smallest absolute Gasteiger partial charge is 0.393 e. The van der Waals surface area contributed by atoms with Gasteiger partial charge in [0.2, 0.25) is 0 Å². The second-order valence-electron chi connectivity index (χ2n) is 5.04. The van der Waals surface area contributed by atoms with Crippen molar-refractivity contribution in [1.82, 2.24) is 5.32 Å². The average molecular weight is 287 g/mol. The summed E-state index contributed by atoms with van der Waals surface area (Å²) >= 11 is 0. The standard InChI is InChI=1S/C14H16F3NO2/c15-14(16,17)11-6-4-9(5-7-11)13(20)18-8-10-2-1-3-12(10)19/h4-7,10,12,19H,1-3,8H2,(H,18,20). The maximum absolute atomic E-state index is 12.4. The Labute approximate surface area is 114 Å². The van der Waals surface area contributed by atoms with Crippen LogP contribution in [0.1, 0.15) is 35.2 Å². The number of aliphatic hydroxyl groups excluding tert-OH is 1. The second kappa shape index (κ2) is 5.83. The summed E-state index contributed by atoms with van der Waals surface area (Å²) in [5.74, 6) is -0.383. The number of halogens is 3. The molecule has 3 nitrogen and oxygen atoms in total. The third-order valence-corrected chi connectivity index (χ3v) is 3.62. The SMILES string of the molecule is O=C(NCC1CCCC1O)c1ccc(C(F)(F)F)cc1. The maximum Gasteiger partial charge on any atom is 0.416 e. The summed E-state index contributed by atoms with van der Waals surface area (Å²) in [7, 11) is 0. The van der Waals surface area contributed by atoms with Gasteiger partial charge in [-0.1, -0.05) is 6.42 Å². The minimum absolute atomic E-state index is 0.0356. The van der Waals surface area contributed by atoms with Gasteiger partial charge in [-0.3, -0.25) is 4.79 Å². The monoisotopic (exact) mass is 287 g/mol. The van der Waals surface area contributed by atoms with Crippen molar-refractivity contribution < 1.29 is 23.1 Å². The Morgan fingerprint density at radius 2 is 1.90 bits per heavy atom. The highest BCUT2D eigenvalue weighted by atomic mass is 19.4. The van der Waals surface area contributed by atoms with E-state index in [0.29, 0.717) is 6.54 Å². The number of alkyl halides is 3. The fourth-order valence-corrected chi connectivity index (χ4v) is 2.39. The Balaban J connectivity index is 1.92. The lowest BCUT2D eigenvalue weighted by Crippen LogP contribution is -2.32. The van der Waals surface area contributed by atoms with E-state index >= 15 is 0 Å². The minimum atomic E-state index is -4.40. The zero-order valence-corrected chi connectivity index (χ0v) is 10.8. The van der Waals surface area contributed by atoms with Gasteiger partial charge in [0.05, 0.1) is 11.7 Å². The van der Waals surface area contributed by atoms with Crippen molar-refractivity contribution in [3.63, 3.8) is 0 Å². The molecule has 0 heterocycles.